The first-order chi connectivity index (χ1) is 10.5. The fourth-order valence-electron chi connectivity index (χ4n) is 2.18. The number of hydrogen-bond donors (Lipinski definition) is 2. The highest BCUT2D eigenvalue weighted by molar-refractivity contribution is 7.85. The molecule has 0 radical (unpaired) electrons. The Labute approximate surface area is 128 Å². The van der Waals surface area contributed by atoms with Crippen molar-refractivity contribution >= 4 is 22.8 Å². The van der Waals surface area contributed by atoms with Crippen LogP contribution in [-0.4, -0.2) is 26.8 Å². The van der Waals surface area contributed by atoms with Gasteiger partial charge in [0.25, 0.3) is 5.91 Å². The topological polar surface area (TPSA) is 82.5 Å². The summed E-state index contributed by atoms with van der Waals surface area (Å²) >= 11 is -1.91. The van der Waals surface area contributed by atoms with E-state index in [1.807, 2.05) is 6.92 Å². The molecule has 0 saturated carbocycles. The van der Waals surface area contributed by atoms with Crippen LogP contribution in [0.1, 0.15) is 5.69 Å². The lowest BCUT2D eigenvalue weighted by Gasteiger charge is -2.17. The summed E-state index contributed by atoms with van der Waals surface area (Å²) < 4.78 is 29.7. The zero-order chi connectivity index (χ0) is 15.9. The van der Waals surface area contributed by atoms with Gasteiger partial charge in [0, 0.05) is 23.0 Å². The minimum absolute atomic E-state index is 0.205. The quantitative estimate of drug-likeness (QED) is 0.876. The summed E-state index contributed by atoms with van der Waals surface area (Å²) in [6.07, 6.45) is 1.51. The molecule has 1 unspecified atom stereocenters. The number of anilines is 1. The van der Waals surface area contributed by atoms with E-state index >= 15 is 0 Å². The van der Waals surface area contributed by atoms with Crippen LogP contribution in [0.5, 0.6) is 5.75 Å². The normalized spacial score (nSPS) is 17.6. The monoisotopic (exact) mass is 321 g/mol. The van der Waals surface area contributed by atoms with Gasteiger partial charge in [0.05, 0.1) is 0 Å². The zero-order valence-corrected chi connectivity index (χ0v) is 12.4. The van der Waals surface area contributed by atoms with Gasteiger partial charge in [-0.25, -0.2) is 8.60 Å². The number of amides is 1. The van der Waals surface area contributed by atoms with E-state index in [9.17, 15) is 18.5 Å². The second-order valence-corrected chi connectivity index (χ2v) is 5.94. The van der Waals surface area contributed by atoms with Gasteiger partial charge in [0.2, 0.25) is 11.2 Å². The largest absolute Gasteiger partial charge is 0.506 e. The first kappa shape index (κ1) is 14.5. The van der Waals surface area contributed by atoms with Crippen LogP contribution in [0.25, 0.3) is 11.1 Å². The highest BCUT2D eigenvalue weighted by Gasteiger charge is 2.32. The van der Waals surface area contributed by atoms with Gasteiger partial charge in [0.15, 0.2) is 5.82 Å². The minimum atomic E-state index is -1.91. The molecule has 1 atom stereocenters. The number of carbonyl (C=O) groups excluding carboxylic acids is 1. The van der Waals surface area contributed by atoms with Crippen molar-refractivity contribution in [1.82, 2.24) is 9.71 Å². The third-order valence-corrected chi connectivity index (χ3v) is 4.37. The predicted molar refractivity (Wildman–Crippen MR) is 79.7 cm³/mol. The van der Waals surface area contributed by atoms with Crippen LogP contribution < -0.4 is 9.03 Å². The number of rotatable bonds is 2. The number of phenols is 1. The summed E-state index contributed by atoms with van der Waals surface area (Å²) in [6, 6.07) is 6.15. The molecule has 1 aliphatic rings. The number of benzene rings is 1. The number of phenolic OH excluding ortho intramolecular Hbond substituents is 1. The van der Waals surface area contributed by atoms with Crippen LogP contribution in [0.3, 0.4) is 0 Å². The summed E-state index contributed by atoms with van der Waals surface area (Å²) in [5.41, 5.74) is 1.25. The van der Waals surface area contributed by atoms with E-state index in [1.165, 1.54) is 18.3 Å². The predicted octanol–water partition coefficient (Wildman–Crippen LogP) is 1.42. The Bertz CT molecular complexity index is 780. The molecule has 3 rings (SSSR count). The molecule has 22 heavy (non-hydrogen) atoms. The molecule has 114 valence electrons. The minimum Gasteiger partial charge on any atom is -0.506 e. The van der Waals surface area contributed by atoms with Crippen LogP contribution in [-0.2, 0) is 16.0 Å². The molecule has 1 fully saturated rings. The number of nitrogens with one attached hydrogen (secondary N) is 1. The third kappa shape index (κ3) is 2.41. The molecular weight excluding hydrogens is 309 g/mol. The van der Waals surface area contributed by atoms with Crippen molar-refractivity contribution in [1.29, 1.82) is 0 Å². The maximum absolute atomic E-state index is 14.8. The van der Waals surface area contributed by atoms with E-state index in [2.05, 4.69) is 9.71 Å². The fourth-order valence-corrected chi connectivity index (χ4v) is 3.12. The number of pyridine rings is 1. The van der Waals surface area contributed by atoms with E-state index in [1.54, 1.807) is 12.1 Å². The summed E-state index contributed by atoms with van der Waals surface area (Å²) in [6.45, 7) is 1.53. The highest BCUT2D eigenvalue weighted by atomic mass is 32.2. The first-order valence-corrected chi connectivity index (χ1v) is 7.51. The SMILES string of the molecule is Cc1ccc(-c2ccc(O)c(N3CC(=O)NS3=O)c2F)cn1. The van der Waals surface area contributed by atoms with Crippen LogP contribution in [0.2, 0.25) is 0 Å². The standard InChI is InChI=1S/C14H12FN3O3S/c1-8-2-3-9(6-16-8)10-4-5-11(19)14(13(10)15)18-7-12(20)17-22(18)21/h2-6,19H,7H2,1H3,(H,17,20). The van der Waals surface area contributed by atoms with Gasteiger partial charge in [0.1, 0.15) is 18.0 Å². The Balaban J connectivity index is 2.12. The van der Waals surface area contributed by atoms with Crippen molar-refractivity contribution < 1.29 is 18.5 Å². The summed E-state index contributed by atoms with van der Waals surface area (Å²) in [7, 11) is 0. The van der Waals surface area contributed by atoms with E-state index < -0.39 is 22.9 Å². The fraction of sp³-hybridized carbons (Fsp3) is 0.143. The molecule has 2 N–H and O–H groups in total. The number of carbonyl (C=O) groups is 1. The molecule has 2 heterocycles. The Morgan fingerprint density at radius 3 is 2.73 bits per heavy atom. The average molecular weight is 321 g/mol. The maximum Gasteiger partial charge on any atom is 0.253 e. The van der Waals surface area contributed by atoms with Crippen LogP contribution in [0.15, 0.2) is 30.5 Å². The van der Waals surface area contributed by atoms with Crippen molar-refractivity contribution in [2.24, 2.45) is 0 Å². The number of nitrogens with zero attached hydrogens (tertiary/aromatic N) is 2. The molecule has 1 aromatic heterocycles. The van der Waals surface area contributed by atoms with E-state index in [0.717, 1.165) is 10.00 Å². The Hall–Kier alpha value is -2.48. The Morgan fingerprint density at radius 2 is 2.14 bits per heavy atom. The number of aromatic nitrogens is 1. The summed E-state index contributed by atoms with van der Waals surface area (Å²) in [5, 5.41) is 9.90. The number of halogens is 1. The molecule has 0 aliphatic carbocycles. The van der Waals surface area contributed by atoms with Gasteiger partial charge in [-0.05, 0) is 25.1 Å². The van der Waals surface area contributed by atoms with E-state index in [0.29, 0.717) is 5.56 Å². The van der Waals surface area contributed by atoms with Crippen molar-refractivity contribution in [3.8, 4) is 16.9 Å². The molecule has 6 nitrogen and oxygen atoms in total. The summed E-state index contributed by atoms with van der Waals surface area (Å²) in [4.78, 5) is 15.4. The van der Waals surface area contributed by atoms with Gasteiger partial charge >= 0.3 is 0 Å². The second kappa shape index (κ2) is 5.38. The van der Waals surface area contributed by atoms with E-state index in [4.69, 9.17) is 0 Å². The Morgan fingerprint density at radius 1 is 1.36 bits per heavy atom. The van der Waals surface area contributed by atoms with Gasteiger partial charge in [-0.2, -0.15) is 0 Å². The van der Waals surface area contributed by atoms with Gasteiger partial charge < -0.3 is 5.11 Å². The highest BCUT2D eigenvalue weighted by Crippen LogP contribution is 2.37. The average Bonchev–Trinajstić information content (AvgIpc) is 2.79. The molecule has 0 spiro atoms. The molecule has 1 amide bonds. The second-order valence-electron chi connectivity index (χ2n) is 4.79. The Kier molecular flexibility index (Phi) is 3.53. The molecule has 1 aliphatic heterocycles. The van der Waals surface area contributed by atoms with Crippen molar-refractivity contribution in [3.63, 3.8) is 0 Å². The van der Waals surface area contributed by atoms with Gasteiger partial charge in [-0.3, -0.25) is 18.8 Å². The zero-order valence-electron chi connectivity index (χ0n) is 11.5. The first-order valence-electron chi connectivity index (χ1n) is 6.41. The molecule has 1 saturated heterocycles. The summed E-state index contributed by atoms with van der Waals surface area (Å²) in [5.74, 6) is -1.64. The number of aromatic hydroxyl groups is 1. The number of hydrogen-bond acceptors (Lipinski definition) is 4. The molecule has 0 bridgehead atoms. The molecular formula is C14H12FN3O3S. The third-order valence-electron chi connectivity index (χ3n) is 3.26. The smallest absolute Gasteiger partial charge is 0.253 e. The molecule has 8 heteroatoms. The van der Waals surface area contributed by atoms with Gasteiger partial charge in [-0.15, -0.1) is 0 Å². The van der Waals surface area contributed by atoms with Crippen molar-refractivity contribution in [2.45, 2.75) is 6.92 Å². The van der Waals surface area contributed by atoms with Crippen LogP contribution in [0.4, 0.5) is 10.1 Å². The van der Waals surface area contributed by atoms with Crippen molar-refractivity contribution in [2.75, 3.05) is 10.8 Å². The van der Waals surface area contributed by atoms with Crippen LogP contribution in [0, 0.1) is 12.7 Å². The van der Waals surface area contributed by atoms with Crippen molar-refractivity contribution in [3.05, 3.63) is 42.0 Å². The lowest BCUT2D eigenvalue weighted by Crippen LogP contribution is -2.23. The molecule has 2 aromatic rings. The number of aryl methyl sites for hydroxylation is 1. The lowest BCUT2D eigenvalue weighted by molar-refractivity contribution is -0.117. The maximum atomic E-state index is 14.8. The molecule has 1 aromatic carbocycles. The van der Waals surface area contributed by atoms with Gasteiger partial charge in [-0.1, -0.05) is 6.07 Å². The van der Waals surface area contributed by atoms with Crippen LogP contribution >= 0.6 is 0 Å². The van der Waals surface area contributed by atoms with E-state index in [-0.39, 0.29) is 23.5 Å². The lowest BCUT2D eigenvalue weighted by atomic mass is 10.1.